The highest BCUT2D eigenvalue weighted by atomic mass is 19.1. The predicted octanol–water partition coefficient (Wildman–Crippen LogP) is 3.44. The van der Waals surface area contributed by atoms with Gasteiger partial charge in [0, 0.05) is 12.6 Å². The number of methoxy groups -OCH3 is 1. The third-order valence-corrected chi connectivity index (χ3v) is 2.26. The molecule has 0 atom stereocenters. The van der Waals surface area contributed by atoms with Crippen molar-refractivity contribution in [3.05, 3.63) is 24.0 Å². The summed E-state index contributed by atoms with van der Waals surface area (Å²) in [4.78, 5) is 0. The van der Waals surface area contributed by atoms with Crippen LogP contribution in [0.4, 0.5) is 10.1 Å². The molecule has 2 nitrogen and oxygen atoms in total. The van der Waals surface area contributed by atoms with Crippen LogP contribution < -0.4 is 10.1 Å². The second-order valence-electron chi connectivity index (χ2n) is 3.48. The fraction of sp³-hybridized carbons (Fsp3) is 0.500. The van der Waals surface area contributed by atoms with Crippen LogP contribution in [0.2, 0.25) is 0 Å². The summed E-state index contributed by atoms with van der Waals surface area (Å²) in [6, 6.07) is 4.53. The number of unbranched alkanes of at least 4 members (excludes halogenated alkanes) is 2. The molecule has 1 aromatic carbocycles. The Morgan fingerprint density at radius 1 is 1.33 bits per heavy atom. The van der Waals surface area contributed by atoms with Gasteiger partial charge in [-0.05, 0) is 18.6 Å². The van der Waals surface area contributed by atoms with Crippen LogP contribution in [0.1, 0.15) is 26.2 Å². The van der Waals surface area contributed by atoms with Crippen LogP contribution in [0.25, 0.3) is 0 Å². The number of benzene rings is 1. The molecule has 0 aliphatic heterocycles. The Bertz CT molecular complexity index is 302. The van der Waals surface area contributed by atoms with Gasteiger partial charge in [0.2, 0.25) is 0 Å². The number of halogens is 1. The highest BCUT2D eigenvalue weighted by Crippen LogP contribution is 2.24. The number of rotatable bonds is 6. The molecule has 0 amide bonds. The van der Waals surface area contributed by atoms with E-state index in [2.05, 4.69) is 12.2 Å². The molecule has 0 aliphatic rings. The van der Waals surface area contributed by atoms with E-state index in [1.54, 1.807) is 13.2 Å². The van der Waals surface area contributed by atoms with Gasteiger partial charge in [-0.25, -0.2) is 4.39 Å². The predicted molar refractivity (Wildman–Crippen MR) is 61.0 cm³/mol. The van der Waals surface area contributed by atoms with Crippen molar-refractivity contribution in [2.24, 2.45) is 0 Å². The van der Waals surface area contributed by atoms with Crippen molar-refractivity contribution in [1.82, 2.24) is 0 Å². The van der Waals surface area contributed by atoms with Crippen molar-refractivity contribution in [2.45, 2.75) is 26.2 Å². The first-order valence-corrected chi connectivity index (χ1v) is 5.35. The molecule has 0 saturated heterocycles. The molecule has 0 heterocycles. The molecule has 1 rings (SSSR count). The number of ether oxygens (including phenoxy) is 1. The van der Waals surface area contributed by atoms with Gasteiger partial charge in [-0.1, -0.05) is 19.8 Å². The van der Waals surface area contributed by atoms with Crippen molar-refractivity contribution >= 4 is 5.69 Å². The van der Waals surface area contributed by atoms with E-state index in [1.165, 1.54) is 25.0 Å². The van der Waals surface area contributed by atoms with E-state index < -0.39 is 0 Å². The summed E-state index contributed by atoms with van der Waals surface area (Å²) in [5.41, 5.74) is 0.856. The molecule has 84 valence electrons. The van der Waals surface area contributed by atoms with Crippen LogP contribution >= 0.6 is 0 Å². The van der Waals surface area contributed by atoms with E-state index in [0.717, 1.165) is 18.7 Å². The summed E-state index contributed by atoms with van der Waals surface area (Å²) in [7, 11) is 1.55. The summed E-state index contributed by atoms with van der Waals surface area (Å²) in [6.45, 7) is 3.06. The number of anilines is 1. The van der Waals surface area contributed by atoms with Crippen LogP contribution in [0, 0.1) is 5.82 Å². The van der Waals surface area contributed by atoms with Crippen molar-refractivity contribution < 1.29 is 9.13 Å². The Morgan fingerprint density at radius 2 is 2.13 bits per heavy atom. The van der Waals surface area contributed by atoms with Gasteiger partial charge in [-0.2, -0.15) is 0 Å². The largest absolute Gasteiger partial charge is 0.494 e. The van der Waals surface area contributed by atoms with Crippen LogP contribution in [-0.2, 0) is 0 Å². The van der Waals surface area contributed by atoms with E-state index in [1.807, 2.05) is 0 Å². The Hall–Kier alpha value is -1.25. The van der Waals surface area contributed by atoms with Crippen molar-refractivity contribution in [3.63, 3.8) is 0 Å². The zero-order chi connectivity index (χ0) is 11.1. The fourth-order valence-corrected chi connectivity index (χ4v) is 1.41. The lowest BCUT2D eigenvalue weighted by molar-refractivity contribution is 0.413. The highest BCUT2D eigenvalue weighted by molar-refractivity contribution is 5.56. The average molecular weight is 211 g/mol. The summed E-state index contributed by atoms with van der Waals surface area (Å²) in [5.74, 6) is 0.289. The van der Waals surface area contributed by atoms with E-state index in [-0.39, 0.29) is 5.82 Å². The van der Waals surface area contributed by atoms with Crippen molar-refractivity contribution in [3.8, 4) is 5.75 Å². The molecule has 0 aliphatic carbocycles. The maximum Gasteiger partial charge on any atom is 0.144 e. The van der Waals surface area contributed by atoms with E-state index in [9.17, 15) is 4.39 Å². The molecule has 0 fully saturated rings. The molecule has 0 bridgehead atoms. The first-order valence-electron chi connectivity index (χ1n) is 5.35. The average Bonchev–Trinajstić information content (AvgIpc) is 2.26. The van der Waals surface area contributed by atoms with Gasteiger partial charge in [0.05, 0.1) is 12.8 Å². The third-order valence-electron chi connectivity index (χ3n) is 2.26. The molecule has 0 saturated carbocycles. The minimum Gasteiger partial charge on any atom is -0.494 e. The quantitative estimate of drug-likeness (QED) is 0.728. The van der Waals surface area contributed by atoms with Crippen LogP contribution in [0.5, 0.6) is 5.75 Å². The fourth-order valence-electron chi connectivity index (χ4n) is 1.41. The van der Waals surface area contributed by atoms with E-state index >= 15 is 0 Å². The minimum absolute atomic E-state index is 0.272. The normalized spacial score (nSPS) is 10.1. The maximum absolute atomic E-state index is 12.9. The summed E-state index contributed by atoms with van der Waals surface area (Å²) in [5, 5.41) is 3.23. The molecular formula is C12H18FNO. The second-order valence-corrected chi connectivity index (χ2v) is 3.48. The minimum atomic E-state index is -0.272. The lowest BCUT2D eigenvalue weighted by Crippen LogP contribution is -2.03. The first kappa shape index (κ1) is 11.8. The van der Waals surface area contributed by atoms with Gasteiger partial charge in [0.1, 0.15) is 11.6 Å². The molecule has 15 heavy (non-hydrogen) atoms. The SMILES string of the molecule is CCCCCNc1ccc(F)cc1OC. The van der Waals surface area contributed by atoms with Gasteiger partial charge in [0.15, 0.2) is 0 Å². The zero-order valence-corrected chi connectivity index (χ0v) is 9.35. The van der Waals surface area contributed by atoms with Gasteiger partial charge in [0.25, 0.3) is 0 Å². The molecule has 3 heteroatoms. The molecular weight excluding hydrogens is 193 g/mol. The zero-order valence-electron chi connectivity index (χ0n) is 9.35. The monoisotopic (exact) mass is 211 g/mol. The molecule has 0 radical (unpaired) electrons. The van der Waals surface area contributed by atoms with Gasteiger partial charge >= 0.3 is 0 Å². The number of nitrogens with one attached hydrogen (secondary N) is 1. The first-order chi connectivity index (χ1) is 7.27. The summed E-state index contributed by atoms with van der Waals surface area (Å²) >= 11 is 0. The van der Waals surface area contributed by atoms with Crippen molar-refractivity contribution in [1.29, 1.82) is 0 Å². The lowest BCUT2D eigenvalue weighted by Gasteiger charge is -2.10. The topological polar surface area (TPSA) is 21.3 Å². The molecule has 0 spiro atoms. The molecule has 0 unspecified atom stereocenters. The molecule has 1 aromatic rings. The van der Waals surface area contributed by atoms with Crippen LogP contribution in [0.15, 0.2) is 18.2 Å². The van der Waals surface area contributed by atoms with Crippen LogP contribution in [0.3, 0.4) is 0 Å². The van der Waals surface area contributed by atoms with E-state index in [0.29, 0.717) is 5.75 Å². The lowest BCUT2D eigenvalue weighted by atomic mass is 10.2. The van der Waals surface area contributed by atoms with Crippen molar-refractivity contribution in [2.75, 3.05) is 19.0 Å². The Kier molecular flexibility index (Phi) is 4.95. The second kappa shape index (κ2) is 6.27. The smallest absolute Gasteiger partial charge is 0.144 e. The summed E-state index contributed by atoms with van der Waals surface area (Å²) in [6.07, 6.45) is 3.52. The van der Waals surface area contributed by atoms with Gasteiger partial charge < -0.3 is 10.1 Å². The molecule has 1 N–H and O–H groups in total. The number of hydrogen-bond donors (Lipinski definition) is 1. The Balaban J connectivity index is 2.52. The summed E-state index contributed by atoms with van der Waals surface area (Å²) < 4.78 is 18.0. The van der Waals surface area contributed by atoms with Gasteiger partial charge in [-0.15, -0.1) is 0 Å². The maximum atomic E-state index is 12.9. The van der Waals surface area contributed by atoms with Gasteiger partial charge in [-0.3, -0.25) is 0 Å². The molecule has 0 aromatic heterocycles. The third kappa shape index (κ3) is 3.78. The highest BCUT2D eigenvalue weighted by Gasteiger charge is 2.02. The number of hydrogen-bond acceptors (Lipinski definition) is 2. The Labute approximate surface area is 90.4 Å². The standard InChI is InChI=1S/C12H18FNO/c1-3-4-5-8-14-11-7-6-10(13)9-12(11)15-2/h6-7,9,14H,3-5,8H2,1-2H3. The van der Waals surface area contributed by atoms with Crippen LogP contribution in [-0.4, -0.2) is 13.7 Å². The Morgan fingerprint density at radius 3 is 2.80 bits per heavy atom. The van der Waals surface area contributed by atoms with E-state index in [4.69, 9.17) is 4.74 Å².